The van der Waals surface area contributed by atoms with Crippen LogP contribution >= 0.6 is 0 Å². The van der Waals surface area contributed by atoms with Gasteiger partial charge < -0.3 is 5.73 Å². The Morgan fingerprint density at radius 2 is 1.94 bits per heavy atom. The van der Waals surface area contributed by atoms with Gasteiger partial charge in [-0.2, -0.15) is 0 Å². The molecule has 0 fully saturated rings. The number of amides is 1. The van der Waals surface area contributed by atoms with Crippen molar-refractivity contribution in [2.75, 3.05) is 0 Å². The van der Waals surface area contributed by atoms with E-state index in [4.69, 9.17) is 5.73 Å². The Hall–Kier alpha value is -0.790. The zero-order valence-electron chi connectivity index (χ0n) is 11.0. The van der Waals surface area contributed by atoms with E-state index >= 15 is 0 Å². The molecule has 0 bridgehead atoms. The predicted molar refractivity (Wildman–Crippen MR) is 70.0 cm³/mol. The summed E-state index contributed by atoms with van der Waals surface area (Å²) in [5.74, 6) is 0.848. The molecule has 0 aliphatic rings. The van der Waals surface area contributed by atoms with Crippen molar-refractivity contribution in [3.8, 4) is 0 Å². The van der Waals surface area contributed by atoms with Gasteiger partial charge >= 0.3 is 0 Å². The Morgan fingerprint density at radius 1 is 1.25 bits per heavy atom. The number of rotatable bonds is 9. The lowest BCUT2D eigenvalue weighted by molar-refractivity contribution is -0.113. The second-order valence-electron chi connectivity index (χ2n) is 4.93. The molecule has 2 unspecified atom stereocenters. The Balaban J connectivity index is 3.61. The molecule has 1 amide bonds. The molecule has 2 atom stereocenters. The summed E-state index contributed by atoms with van der Waals surface area (Å²) in [7, 11) is 0. The van der Waals surface area contributed by atoms with Gasteiger partial charge in [-0.3, -0.25) is 4.79 Å². The normalized spacial score (nSPS) is 15.2. The molecule has 2 nitrogen and oxygen atoms in total. The molecule has 2 heteroatoms. The highest BCUT2D eigenvalue weighted by Crippen LogP contribution is 2.19. The van der Waals surface area contributed by atoms with Crippen LogP contribution in [0.5, 0.6) is 0 Å². The van der Waals surface area contributed by atoms with E-state index < -0.39 is 0 Å². The molecule has 0 aromatic carbocycles. The molecule has 0 spiro atoms. The average Bonchev–Trinajstić information content (AvgIpc) is 2.21. The first-order chi connectivity index (χ1) is 7.56. The van der Waals surface area contributed by atoms with Crippen LogP contribution in [0.2, 0.25) is 0 Å². The van der Waals surface area contributed by atoms with Crippen molar-refractivity contribution in [3.05, 3.63) is 12.2 Å². The number of primary amides is 1. The fourth-order valence-corrected chi connectivity index (χ4v) is 2.01. The van der Waals surface area contributed by atoms with E-state index in [9.17, 15) is 4.79 Å². The standard InChI is InChI=1S/C14H27NO/c1-4-5-6-7-8-12(2)11-13(3)9-10-14(15)16/h9-10,12-13H,4-8,11H2,1-3H3,(H2,15,16). The molecule has 2 N–H and O–H groups in total. The van der Waals surface area contributed by atoms with Crippen LogP contribution in [-0.4, -0.2) is 5.91 Å². The molecule has 0 radical (unpaired) electrons. The topological polar surface area (TPSA) is 43.1 Å². The van der Waals surface area contributed by atoms with E-state index in [-0.39, 0.29) is 5.91 Å². The monoisotopic (exact) mass is 225 g/mol. The van der Waals surface area contributed by atoms with E-state index in [1.165, 1.54) is 38.2 Å². The SMILES string of the molecule is CCCCCCC(C)CC(C)C=CC(N)=O. The Labute approximate surface area is 100 Å². The Morgan fingerprint density at radius 3 is 2.50 bits per heavy atom. The number of allylic oxidation sites excluding steroid dienone is 1. The van der Waals surface area contributed by atoms with Crippen LogP contribution in [0.25, 0.3) is 0 Å². The summed E-state index contributed by atoms with van der Waals surface area (Å²) in [6.45, 7) is 6.67. The first-order valence-electron chi connectivity index (χ1n) is 6.53. The third-order valence-electron chi connectivity index (χ3n) is 2.91. The van der Waals surface area contributed by atoms with Crippen LogP contribution in [0, 0.1) is 11.8 Å². The molecular weight excluding hydrogens is 198 g/mol. The second-order valence-corrected chi connectivity index (χ2v) is 4.93. The summed E-state index contributed by atoms with van der Waals surface area (Å²) in [5, 5.41) is 0. The number of unbranched alkanes of at least 4 members (excludes halogenated alkanes) is 3. The van der Waals surface area contributed by atoms with Crippen molar-refractivity contribution in [1.29, 1.82) is 0 Å². The quantitative estimate of drug-likeness (QED) is 0.472. The van der Waals surface area contributed by atoms with E-state index in [0.717, 1.165) is 12.3 Å². The van der Waals surface area contributed by atoms with Crippen molar-refractivity contribution < 1.29 is 4.79 Å². The highest BCUT2D eigenvalue weighted by Gasteiger charge is 2.06. The van der Waals surface area contributed by atoms with Crippen molar-refractivity contribution >= 4 is 5.91 Å². The summed E-state index contributed by atoms with van der Waals surface area (Å²) in [4.78, 5) is 10.6. The van der Waals surface area contributed by atoms with Gasteiger partial charge in [-0.25, -0.2) is 0 Å². The van der Waals surface area contributed by atoms with Gasteiger partial charge in [-0.1, -0.05) is 59.0 Å². The van der Waals surface area contributed by atoms with Gasteiger partial charge in [0.15, 0.2) is 0 Å². The van der Waals surface area contributed by atoms with E-state index in [1.54, 1.807) is 0 Å². The van der Waals surface area contributed by atoms with Gasteiger partial charge in [-0.05, 0) is 24.3 Å². The summed E-state index contributed by atoms with van der Waals surface area (Å²) >= 11 is 0. The summed E-state index contributed by atoms with van der Waals surface area (Å²) in [5.41, 5.74) is 5.06. The number of hydrogen-bond donors (Lipinski definition) is 1. The Kier molecular flexibility index (Phi) is 8.97. The van der Waals surface area contributed by atoms with Gasteiger partial charge in [0.2, 0.25) is 5.91 Å². The smallest absolute Gasteiger partial charge is 0.241 e. The summed E-state index contributed by atoms with van der Waals surface area (Å²) in [6.07, 6.45) is 11.2. The van der Waals surface area contributed by atoms with Crippen molar-refractivity contribution in [1.82, 2.24) is 0 Å². The lowest BCUT2D eigenvalue weighted by atomic mass is 9.92. The molecule has 94 valence electrons. The number of carbonyl (C=O) groups excluding carboxylic acids is 1. The number of nitrogens with two attached hydrogens (primary N) is 1. The molecule has 0 aliphatic heterocycles. The number of carbonyl (C=O) groups is 1. The molecule has 16 heavy (non-hydrogen) atoms. The van der Waals surface area contributed by atoms with Crippen molar-refractivity contribution in [2.24, 2.45) is 17.6 Å². The lowest BCUT2D eigenvalue weighted by Crippen LogP contribution is -2.07. The van der Waals surface area contributed by atoms with E-state index in [0.29, 0.717) is 5.92 Å². The fourth-order valence-electron chi connectivity index (χ4n) is 2.01. The summed E-state index contributed by atoms with van der Waals surface area (Å²) in [6, 6.07) is 0. The highest BCUT2D eigenvalue weighted by molar-refractivity contribution is 5.85. The first-order valence-corrected chi connectivity index (χ1v) is 6.53. The minimum absolute atomic E-state index is 0.345. The predicted octanol–water partition coefficient (Wildman–Crippen LogP) is 3.66. The van der Waals surface area contributed by atoms with Crippen LogP contribution in [0.15, 0.2) is 12.2 Å². The van der Waals surface area contributed by atoms with Crippen LogP contribution in [-0.2, 0) is 4.79 Å². The largest absolute Gasteiger partial charge is 0.366 e. The Bertz CT molecular complexity index is 211. The highest BCUT2D eigenvalue weighted by atomic mass is 16.1. The van der Waals surface area contributed by atoms with E-state index in [2.05, 4.69) is 20.8 Å². The van der Waals surface area contributed by atoms with Crippen LogP contribution in [0.1, 0.15) is 59.3 Å². The first kappa shape index (κ1) is 15.2. The maximum absolute atomic E-state index is 10.6. The number of hydrogen-bond acceptors (Lipinski definition) is 1. The molecule has 0 aromatic rings. The zero-order chi connectivity index (χ0) is 12.4. The van der Waals surface area contributed by atoms with Crippen LogP contribution in [0.3, 0.4) is 0 Å². The third-order valence-corrected chi connectivity index (χ3v) is 2.91. The van der Waals surface area contributed by atoms with Gasteiger partial charge in [0.05, 0.1) is 0 Å². The van der Waals surface area contributed by atoms with Gasteiger partial charge in [0, 0.05) is 0 Å². The minimum atomic E-state index is -0.345. The second kappa shape index (κ2) is 9.44. The zero-order valence-corrected chi connectivity index (χ0v) is 11.0. The molecular formula is C14H27NO. The molecule has 0 saturated heterocycles. The van der Waals surface area contributed by atoms with E-state index in [1.807, 2.05) is 6.08 Å². The average molecular weight is 225 g/mol. The lowest BCUT2D eigenvalue weighted by Gasteiger charge is -2.14. The summed E-state index contributed by atoms with van der Waals surface area (Å²) < 4.78 is 0. The van der Waals surface area contributed by atoms with Crippen LogP contribution < -0.4 is 5.73 Å². The van der Waals surface area contributed by atoms with Gasteiger partial charge in [0.25, 0.3) is 0 Å². The molecule has 0 heterocycles. The minimum Gasteiger partial charge on any atom is -0.366 e. The van der Waals surface area contributed by atoms with Gasteiger partial charge in [0.1, 0.15) is 0 Å². The maximum Gasteiger partial charge on any atom is 0.241 e. The fraction of sp³-hybridized carbons (Fsp3) is 0.786. The molecule has 0 saturated carbocycles. The molecule has 0 aromatic heterocycles. The molecule has 0 aliphatic carbocycles. The third kappa shape index (κ3) is 9.75. The van der Waals surface area contributed by atoms with Crippen molar-refractivity contribution in [2.45, 2.75) is 59.3 Å². The van der Waals surface area contributed by atoms with Crippen LogP contribution in [0.4, 0.5) is 0 Å². The maximum atomic E-state index is 10.6. The molecule has 0 rings (SSSR count). The van der Waals surface area contributed by atoms with Crippen molar-refractivity contribution in [3.63, 3.8) is 0 Å². The van der Waals surface area contributed by atoms with Gasteiger partial charge in [-0.15, -0.1) is 0 Å².